The number of nitrogens with one attached hydrogen (secondary N) is 2. The predicted octanol–water partition coefficient (Wildman–Crippen LogP) is 2.71. The smallest absolute Gasteiger partial charge is 0.220 e. The molecule has 1 heterocycles. The lowest BCUT2D eigenvalue weighted by atomic mass is 9.84. The topological polar surface area (TPSA) is 41.1 Å². The number of carbonyl (C=O) groups is 1. The van der Waals surface area contributed by atoms with Gasteiger partial charge < -0.3 is 10.6 Å². The van der Waals surface area contributed by atoms with Gasteiger partial charge in [-0.25, -0.2) is 0 Å². The average molecular weight is 266 g/mol. The van der Waals surface area contributed by atoms with E-state index in [2.05, 4.69) is 31.4 Å². The van der Waals surface area contributed by atoms with Gasteiger partial charge in [-0.1, -0.05) is 27.2 Å². The van der Waals surface area contributed by atoms with E-state index < -0.39 is 0 Å². The lowest BCUT2D eigenvalue weighted by molar-refractivity contribution is -0.123. The van der Waals surface area contributed by atoms with Crippen LogP contribution in [0.15, 0.2) is 0 Å². The van der Waals surface area contributed by atoms with Crippen molar-refractivity contribution in [1.29, 1.82) is 0 Å². The van der Waals surface area contributed by atoms with Crippen LogP contribution in [0.5, 0.6) is 0 Å². The van der Waals surface area contributed by atoms with Gasteiger partial charge in [0.2, 0.25) is 5.91 Å². The molecule has 1 aliphatic heterocycles. The van der Waals surface area contributed by atoms with E-state index in [-0.39, 0.29) is 11.3 Å². The van der Waals surface area contributed by atoms with Crippen molar-refractivity contribution in [1.82, 2.24) is 10.6 Å². The number of hydrogen-bond acceptors (Lipinski definition) is 2. The van der Waals surface area contributed by atoms with Gasteiger partial charge in [-0.05, 0) is 56.0 Å². The van der Waals surface area contributed by atoms with E-state index in [0.717, 1.165) is 19.5 Å². The standard InChI is InChI=1S/C16H30N2O/c1-12(13-6-5-9-17-11-13)10-15(19)18-14-7-4-8-16(14,2)3/h12-14,17H,4-11H2,1-3H3,(H,18,19). The fourth-order valence-corrected chi connectivity index (χ4v) is 3.67. The molecule has 3 heteroatoms. The van der Waals surface area contributed by atoms with E-state index in [1.807, 2.05) is 0 Å². The summed E-state index contributed by atoms with van der Waals surface area (Å²) in [6.07, 6.45) is 6.86. The van der Waals surface area contributed by atoms with Crippen molar-refractivity contribution in [2.45, 2.75) is 65.3 Å². The quantitative estimate of drug-likeness (QED) is 0.821. The highest BCUT2D eigenvalue weighted by Gasteiger charge is 2.35. The Bertz CT molecular complexity index is 308. The third-order valence-corrected chi connectivity index (χ3v) is 5.24. The zero-order valence-corrected chi connectivity index (χ0v) is 12.8. The molecule has 2 aliphatic rings. The molecule has 3 nitrogen and oxygen atoms in total. The molecule has 19 heavy (non-hydrogen) atoms. The normalized spacial score (nSPS) is 31.9. The van der Waals surface area contributed by atoms with Gasteiger partial charge in [-0.15, -0.1) is 0 Å². The van der Waals surface area contributed by atoms with Crippen LogP contribution in [-0.2, 0) is 4.79 Å². The Balaban J connectivity index is 1.77. The molecule has 0 aromatic carbocycles. The van der Waals surface area contributed by atoms with Gasteiger partial charge in [-0.3, -0.25) is 4.79 Å². The highest BCUT2D eigenvalue weighted by Crippen LogP contribution is 2.37. The van der Waals surface area contributed by atoms with Crippen LogP contribution >= 0.6 is 0 Å². The number of amides is 1. The average Bonchev–Trinajstić information content (AvgIpc) is 2.69. The Morgan fingerprint density at radius 3 is 2.74 bits per heavy atom. The summed E-state index contributed by atoms with van der Waals surface area (Å²) in [5.74, 6) is 1.44. The molecule has 0 radical (unpaired) electrons. The van der Waals surface area contributed by atoms with Crippen molar-refractivity contribution in [3.8, 4) is 0 Å². The summed E-state index contributed by atoms with van der Waals surface area (Å²) in [5, 5.41) is 6.72. The van der Waals surface area contributed by atoms with Crippen molar-refractivity contribution in [2.24, 2.45) is 17.3 Å². The van der Waals surface area contributed by atoms with Crippen LogP contribution in [0.1, 0.15) is 59.3 Å². The Hall–Kier alpha value is -0.570. The minimum absolute atomic E-state index is 0.262. The molecule has 110 valence electrons. The molecule has 3 unspecified atom stereocenters. The van der Waals surface area contributed by atoms with Gasteiger partial charge in [0, 0.05) is 12.5 Å². The van der Waals surface area contributed by atoms with Crippen LogP contribution in [0.2, 0.25) is 0 Å². The molecule has 1 amide bonds. The van der Waals surface area contributed by atoms with Crippen molar-refractivity contribution in [3.63, 3.8) is 0 Å². The van der Waals surface area contributed by atoms with Crippen molar-refractivity contribution in [3.05, 3.63) is 0 Å². The van der Waals surface area contributed by atoms with Crippen molar-refractivity contribution < 1.29 is 4.79 Å². The van der Waals surface area contributed by atoms with E-state index in [1.165, 1.54) is 25.7 Å². The first-order chi connectivity index (χ1) is 8.99. The maximum absolute atomic E-state index is 12.2. The second kappa shape index (κ2) is 6.25. The third kappa shape index (κ3) is 3.95. The van der Waals surface area contributed by atoms with Crippen molar-refractivity contribution in [2.75, 3.05) is 13.1 Å². The maximum Gasteiger partial charge on any atom is 0.220 e. The molecular formula is C16H30N2O. The molecule has 3 atom stereocenters. The van der Waals surface area contributed by atoms with Gasteiger partial charge >= 0.3 is 0 Å². The van der Waals surface area contributed by atoms with Crippen LogP contribution in [0.25, 0.3) is 0 Å². The largest absolute Gasteiger partial charge is 0.353 e. The van der Waals surface area contributed by atoms with Gasteiger partial charge in [0.05, 0.1) is 0 Å². The summed E-state index contributed by atoms with van der Waals surface area (Å²) in [7, 11) is 0. The van der Waals surface area contributed by atoms with Crippen LogP contribution in [0.4, 0.5) is 0 Å². The summed E-state index contributed by atoms with van der Waals surface area (Å²) in [6.45, 7) is 9.02. The molecule has 1 saturated carbocycles. The Labute approximate surface area is 117 Å². The van der Waals surface area contributed by atoms with Crippen LogP contribution in [0.3, 0.4) is 0 Å². The highest BCUT2D eigenvalue weighted by molar-refractivity contribution is 5.76. The van der Waals surface area contributed by atoms with E-state index in [4.69, 9.17) is 0 Å². The first-order valence-corrected chi connectivity index (χ1v) is 7.99. The highest BCUT2D eigenvalue weighted by atomic mass is 16.1. The van der Waals surface area contributed by atoms with E-state index >= 15 is 0 Å². The molecule has 1 aliphatic carbocycles. The van der Waals surface area contributed by atoms with E-state index in [0.29, 0.717) is 24.3 Å². The molecular weight excluding hydrogens is 236 g/mol. The summed E-state index contributed by atoms with van der Waals surface area (Å²) in [5.41, 5.74) is 0.283. The molecule has 1 saturated heterocycles. The zero-order chi connectivity index (χ0) is 13.9. The van der Waals surface area contributed by atoms with Gasteiger partial charge in [0.1, 0.15) is 0 Å². The Kier molecular flexibility index (Phi) is 4.88. The maximum atomic E-state index is 12.2. The van der Waals surface area contributed by atoms with Gasteiger partial charge in [0.25, 0.3) is 0 Å². The first-order valence-electron chi connectivity index (χ1n) is 7.99. The number of piperidine rings is 1. The summed E-state index contributed by atoms with van der Waals surface area (Å²) >= 11 is 0. The lowest BCUT2D eigenvalue weighted by Crippen LogP contribution is -2.43. The minimum atomic E-state index is 0.262. The van der Waals surface area contributed by atoms with Crippen molar-refractivity contribution >= 4 is 5.91 Å². The molecule has 2 rings (SSSR count). The molecule has 2 N–H and O–H groups in total. The molecule has 0 spiro atoms. The molecule has 0 aromatic rings. The predicted molar refractivity (Wildman–Crippen MR) is 78.9 cm³/mol. The van der Waals surface area contributed by atoms with Crippen LogP contribution in [0, 0.1) is 17.3 Å². The van der Waals surface area contributed by atoms with Gasteiger partial charge in [0.15, 0.2) is 0 Å². The fraction of sp³-hybridized carbons (Fsp3) is 0.938. The second-order valence-electron chi connectivity index (χ2n) is 7.29. The monoisotopic (exact) mass is 266 g/mol. The fourth-order valence-electron chi connectivity index (χ4n) is 3.67. The van der Waals surface area contributed by atoms with Gasteiger partial charge in [-0.2, -0.15) is 0 Å². The number of hydrogen-bond donors (Lipinski definition) is 2. The Morgan fingerprint density at radius 2 is 2.16 bits per heavy atom. The van der Waals surface area contributed by atoms with Crippen LogP contribution in [-0.4, -0.2) is 25.0 Å². The van der Waals surface area contributed by atoms with E-state index in [9.17, 15) is 4.79 Å². The number of carbonyl (C=O) groups excluding carboxylic acids is 1. The second-order valence-corrected chi connectivity index (χ2v) is 7.29. The zero-order valence-electron chi connectivity index (χ0n) is 12.8. The summed E-state index contributed by atoms with van der Waals surface area (Å²) in [4.78, 5) is 12.2. The van der Waals surface area contributed by atoms with Crippen LogP contribution < -0.4 is 10.6 Å². The summed E-state index contributed by atoms with van der Waals surface area (Å²) in [6, 6.07) is 0.386. The number of rotatable bonds is 4. The summed E-state index contributed by atoms with van der Waals surface area (Å²) < 4.78 is 0. The first kappa shape index (κ1) is 14.8. The molecule has 0 aromatic heterocycles. The molecule has 0 bridgehead atoms. The third-order valence-electron chi connectivity index (χ3n) is 5.24. The SMILES string of the molecule is CC(CC(=O)NC1CCCC1(C)C)C1CCCNC1. The Morgan fingerprint density at radius 1 is 1.37 bits per heavy atom. The minimum Gasteiger partial charge on any atom is -0.353 e. The van der Waals surface area contributed by atoms with E-state index in [1.54, 1.807) is 0 Å². The lowest BCUT2D eigenvalue weighted by Gasteiger charge is -2.30. The molecule has 2 fully saturated rings.